The molecule has 0 bridgehead atoms. The number of aromatic nitrogens is 1. The number of nitrogens with zero attached hydrogens (tertiary/aromatic N) is 4. The van der Waals surface area contributed by atoms with E-state index in [-0.39, 0.29) is 16.5 Å². The summed E-state index contributed by atoms with van der Waals surface area (Å²) in [5.41, 5.74) is 0. The summed E-state index contributed by atoms with van der Waals surface area (Å²) in [7, 11) is -3.49. The molecule has 0 radical (unpaired) electrons. The zero-order valence-corrected chi connectivity index (χ0v) is 18.1. The fourth-order valence-electron chi connectivity index (χ4n) is 3.13. The number of aliphatic hydroxyl groups excluding tert-OH is 1. The number of sulfone groups is 1. The van der Waals surface area contributed by atoms with Gasteiger partial charge < -0.3 is 20.2 Å². The van der Waals surface area contributed by atoms with Gasteiger partial charge in [0.05, 0.1) is 18.4 Å². The van der Waals surface area contributed by atoms with E-state index in [0.29, 0.717) is 12.5 Å². The van der Waals surface area contributed by atoms with Gasteiger partial charge in [0, 0.05) is 38.9 Å². The Hall–Kier alpha value is -2.17. The molecular formula is C19H27N5O3S2. The van der Waals surface area contributed by atoms with Crippen molar-refractivity contribution in [1.82, 2.24) is 15.2 Å². The number of rotatable bonds is 7. The van der Waals surface area contributed by atoms with Crippen LogP contribution in [-0.4, -0.2) is 80.5 Å². The van der Waals surface area contributed by atoms with Gasteiger partial charge in [-0.15, -0.1) is 11.3 Å². The number of nitrogens with one attached hydrogen (secondary N) is 1. The first-order valence-corrected chi connectivity index (χ1v) is 12.2. The van der Waals surface area contributed by atoms with Crippen LogP contribution >= 0.6 is 11.3 Å². The summed E-state index contributed by atoms with van der Waals surface area (Å²) in [6, 6.07) is 9.13. The summed E-state index contributed by atoms with van der Waals surface area (Å²) in [6.45, 7) is 5.89. The van der Waals surface area contributed by atoms with Gasteiger partial charge in [0.2, 0.25) is 0 Å². The van der Waals surface area contributed by atoms with Crippen LogP contribution in [0.25, 0.3) is 0 Å². The summed E-state index contributed by atoms with van der Waals surface area (Å²) in [6.07, 6.45) is 0.740. The van der Waals surface area contributed by atoms with Crippen LogP contribution in [0.4, 0.5) is 5.82 Å². The van der Waals surface area contributed by atoms with Crippen LogP contribution in [-0.2, 0) is 9.84 Å². The second-order valence-electron chi connectivity index (χ2n) is 6.72. The number of aliphatic imine (C=N–C) groups is 1. The minimum absolute atomic E-state index is 0.0351. The summed E-state index contributed by atoms with van der Waals surface area (Å²) < 4.78 is 24.9. The highest BCUT2D eigenvalue weighted by Crippen LogP contribution is 2.18. The van der Waals surface area contributed by atoms with Gasteiger partial charge in [0.25, 0.3) is 0 Å². The summed E-state index contributed by atoms with van der Waals surface area (Å²) >= 11 is 1.16. The molecule has 1 unspecified atom stereocenters. The fourth-order valence-corrected chi connectivity index (χ4v) is 5.60. The maximum absolute atomic E-state index is 12.3. The van der Waals surface area contributed by atoms with E-state index >= 15 is 0 Å². The van der Waals surface area contributed by atoms with Crippen molar-refractivity contribution >= 4 is 33.0 Å². The topological polar surface area (TPSA) is 98.1 Å². The standard InChI is InChI=1S/C19H27N5O3S2/c1-2-20-19(22-14-16(25)15-29(26,27)18-7-5-13-28-18)24-11-9-23(10-12-24)17-6-3-4-8-21-17/h3-8,13,16,25H,2,9-12,14-15H2,1H3,(H,20,22). The van der Waals surface area contributed by atoms with Gasteiger partial charge >= 0.3 is 0 Å². The SMILES string of the molecule is CCNC(=NCC(O)CS(=O)(=O)c1cccs1)N1CCN(c2ccccn2)CC1. The quantitative estimate of drug-likeness (QED) is 0.494. The molecular weight excluding hydrogens is 410 g/mol. The monoisotopic (exact) mass is 437 g/mol. The third kappa shape index (κ3) is 5.91. The molecule has 0 saturated carbocycles. The molecule has 1 aliphatic heterocycles. The van der Waals surface area contributed by atoms with E-state index in [1.165, 1.54) is 0 Å². The minimum atomic E-state index is -3.49. The maximum atomic E-state index is 12.3. The van der Waals surface area contributed by atoms with E-state index in [1.807, 2.05) is 25.1 Å². The molecule has 2 aromatic rings. The molecule has 3 rings (SSSR count). The zero-order valence-electron chi connectivity index (χ0n) is 16.4. The second kappa shape index (κ2) is 10.0. The second-order valence-corrected chi connectivity index (χ2v) is 9.93. The van der Waals surface area contributed by atoms with E-state index in [1.54, 1.807) is 23.7 Å². The molecule has 1 fully saturated rings. The largest absolute Gasteiger partial charge is 0.390 e. The number of piperazine rings is 1. The third-order valence-electron chi connectivity index (χ3n) is 4.55. The van der Waals surface area contributed by atoms with Crippen LogP contribution in [0, 0.1) is 0 Å². The molecule has 10 heteroatoms. The zero-order chi connectivity index (χ0) is 20.7. The van der Waals surface area contributed by atoms with Gasteiger partial charge in [-0.25, -0.2) is 13.4 Å². The van der Waals surface area contributed by atoms with Gasteiger partial charge in [0.15, 0.2) is 15.8 Å². The molecule has 0 spiro atoms. The molecule has 0 aliphatic carbocycles. The molecule has 1 atom stereocenters. The predicted molar refractivity (Wildman–Crippen MR) is 116 cm³/mol. The van der Waals surface area contributed by atoms with Crippen molar-refractivity contribution in [3.05, 3.63) is 41.9 Å². The Morgan fingerprint density at radius 2 is 2.07 bits per heavy atom. The van der Waals surface area contributed by atoms with Gasteiger partial charge in [-0.1, -0.05) is 12.1 Å². The van der Waals surface area contributed by atoms with E-state index in [2.05, 4.69) is 25.1 Å². The van der Waals surface area contributed by atoms with Crippen molar-refractivity contribution in [2.75, 3.05) is 49.9 Å². The van der Waals surface area contributed by atoms with E-state index < -0.39 is 15.9 Å². The summed E-state index contributed by atoms with van der Waals surface area (Å²) in [5, 5.41) is 15.2. The lowest BCUT2D eigenvalue weighted by atomic mass is 10.3. The van der Waals surface area contributed by atoms with E-state index in [9.17, 15) is 13.5 Å². The number of thiophene rings is 1. The Balaban J connectivity index is 1.57. The Morgan fingerprint density at radius 1 is 1.28 bits per heavy atom. The molecule has 3 heterocycles. The molecule has 2 aromatic heterocycles. The van der Waals surface area contributed by atoms with Crippen LogP contribution in [0.1, 0.15) is 6.92 Å². The predicted octanol–water partition coefficient (Wildman–Crippen LogP) is 1.07. The molecule has 0 amide bonds. The maximum Gasteiger partial charge on any atom is 0.194 e. The number of hydrogen-bond acceptors (Lipinski definition) is 7. The minimum Gasteiger partial charge on any atom is -0.390 e. The molecule has 8 nitrogen and oxygen atoms in total. The first-order valence-electron chi connectivity index (χ1n) is 9.63. The number of aliphatic hydroxyl groups is 1. The highest BCUT2D eigenvalue weighted by Gasteiger charge is 2.23. The van der Waals surface area contributed by atoms with Crippen molar-refractivity contribution in [3.63, 3.8) is 0 Å². The molecule has 2 N–H and O–H groups in total. The molecule has 158 valence electrons. The van der Waals surface area contributed by atoms with Crippen molar-refractivity contribution in [2.45, 2.75) is 17.2 Å². The number of anilines is 1. The lowest BCUT2D eigenvalue weighted by Gasteiger charge is -2.37. The Morgan fingerprint density at radius 3 is 2.69 bits per heavy atom. The van der Waals surface area contributed by atoms with Crippen LogP contribution < -0.4 is 10.2 Å². The smallest absolute Gasteiger partial charge is 0.194 e. The van der Waals surface area contributed by atoms with Crippen LogP contribution in [0.3, 0.4) is 0 Å². The van der Waals surface area contributed by atoms with Crippen molar-refractivity contribution < 1.29 is 13.5 Å². The number of hydrogen-bond donors (Lipinski definition) is 2. The Labute approximate surface area is 175 Å². The molecule has 0 aromatic carbocycles. The average Bonchev–Trinajstić information content (AvgIpc) is 3.28. The fraction of sp³-hybridized carbons (Fsp3) is 0.474. The number of guanidine groups is 1. The highest BCUT2D eigenvalue weighted by atomic mass is 32.2. The summed E-state index contributed by atoms with van der Waals surface area (Å²) in [4.78, 5) is 13.2. The Kier molecular flexibility index (Phi) is 7.45. The lowest BCUT2D eigenvalue weighted by Crippen LogP contribution is -2.53. The van der Waals surface area contributed by atoms with Crippen LogP contribution in [0.15, 0.2) is 51.1 Å². The summed E-state index contributed by atoms with van der Waals surface area (Å²) in [5.74, 6) is 1.33. The molecule has 1 aliphatic rings. The molecule has 29 heavy (non-hydrogen) atoms. The lowest BCUT2D eigenvalue weighted by molar-refractivity contribution is 0.205. The normalized spacial score (nSPS) is 16.7. The average molecular weight is 438 g/mol. The van der Waals surface area contributed by atoms with E-state index in [4.69, 9.17) is 0 Å². The third-order valence-corrected chi connectivity index (χ3v) is 7.84. The van der Waals surface area contributed by atoms with Gasteiger partial charge in [-0.2, -0.15) is 0 Å². The first-order chi connectivity index (χ1) is 14.0. The van der Waals surface area contributed by atoms with Gasteiger partial charge in [-0.05, 0) is 30.5 Å². The van der Waals surface area contributed by atoms with Gasteiger partial charge in [-0.3, -0.25) is 4.99 Å². The van der Waals surface area contributed by atoms with Crippen LogP contribution in [0.2, 0.25) is 0 Å². The number of pyridine rings is 1. The van der Waals surface area contributed by atoms with Crippen molar-refractivity contribution in [1.29, 1.82) is 0 Å². The van der Waals surface area contributed by atoms with E-state index in [0.717, 1.165) is 43.3 Å². The van der Waals surface area contributed by atoms with Crippen molar-refractivity contribution in [3.8, 4) is 0 Å². The van der Waals surface area contributed by atoms with Crippen molar-refractivity contribution in [2.24, 2.45) is 4.99 Å². The Bertz CT molecular complexity index is 880. The molecule has 1 saturated heterocycles. The highest BCUT2D eigenvalue weighted by molar-refractivity contribution is 7.93. The van der Waals surface area contributed by atoms with Gasteiger partial charge in [0.1, 0.15) is 10.0 Å². The first kappa shape index (κ1) is 21.5. The van der Waals surface area contributed by atoms with Crippen LogP contribution in [0.5, 0.6) is 0 Å².